The Hall–Kier alpha value is -0.500. The second-order valence-corrected chi connectivity index (χ2v) is 8.12. The van der Waals surface area contributed by atoms with Crippen molar-refractivity contribution in [2.24, 2.45) is 22.7 Å². The van der Waals surface area contributed by atoms with Gasteiger partial charge in [0.25, 0.3) is 0 Å². The first-order valence-corrected chi connectivity index (χ1v) is 9.97. The number of hydrogen-bond donors (Lipinski definition) is 1. The van der Waals surface area contributed by atoms with E-state index in [0.717, 1.165) is 56.4 Å². The molecule has 3 aliphatic rings. The van der Waals surface area contributed by atoms with E-state index >= 15 is 0 Å². The Morgan fingerprint density at radius 3 is 2.38 bits per heavy atom. The summed E-state index contributed by atoms with van der Waals surface area (Å²) in [7, 11) is 1.93. The lowest BCUT2D eigenvalue weighted by molar-refractivity contribution is 0.354. The highest BCUT2D eigenvalue weighted by Crippen LogP contribution is 2.48. The third-order valence-electron chi connectivity index (χ3n) is 5.56. The van der Waals surface area contributed by atoms with Crippen LogP contribution >= 0.6 is 35.3 Å². The molecule has 2 aliphatic carbocycles. The Bertz CT molecular complexity index is 519. The molecule has 0 unspecified atom stereocenters. The van der Waals surface area contributed by atoms with Gasteiger partial charge >= 0.3 is 0 Å². The fraction of sp³-hybridized carbons (Fsp3) is 0.722. The maximum atomic E-state index is 4.55. The van der Waals surface area contributed by atoms with Gasteiger partial charge in [-0.3, -0.25) is 4.99 Å². The first-order valence-electron chi connectivity index (χ1n) is 9.09. The molecule has 2 saturated carbocycles. The molecule has 134 valence electrons. The normalized spacial score (nSPS) is 21.8. The number of thiophene rings is 1. The summed E-state index contributed by atoms with van der Waals surface area (Å²) >= 11 is 1.84. The van der Waals surface area contributed by atoms with E-state index < -0.39 is 0 Å². The molecular weight excluding hydrogens is 431 g/mol. The van der Waals surface area contributed by atoms with Gasteiger partial charge in [-0.15, -0.1) is 35.3 Å². The average molecular weight is 460 g/mol. The van der Waals surface area contributed by atoms with Crippen LogP contribution in [0.1, 0.15) is 25.7 Å². The van der Waals surface area contributed by atoms with Gasteiger partial charge in [0, 0.05) is 39.8 Å². The fourth-order valence-electron chi connectivity index (χ4n) is 3.90. The van der Waals surface area contributed by atoms with Crippen molar-refractivity contribution in [1.82, 2.24) is 10.2 Å². The zero-order valence-corrected chi connectivity index (χ0v) is 17.6. The number of halogens is 1. The minimum absolute atomic E-state index is 0. The lowest BCUT2D eigenvalue weighted by atomic mass is 9.98. The molecule has 4 nitrogen and oxygen atoms in total. The number of nitrogens with zero attached hydrogens (tertiary/aromatic N) is 3. The summed E-state index contributed by atoms with van der Waals surface area (Å²) in [6.45, 7) is 5.45. The number of rotatable bonds is 5. The van der Waals surface area contributed by atoms with Gasteiger partial charge in [0.2, 0.25) is 0 Å². The second kappa shape index (κ2) is 8.25. The Morgan fingerprint density at radius 2 is 1.88 bits per heavy atom. The third kappa shape index (κ3) is 4.36. The van der Waals surface area contributed by atoms with Gasteiger partial charge in [0.1, 0.15) is 0 Å². The number of guanidine groups is 1. The number of anilines is 1. The highest BCUT2D eigenvalue weighted by molar-refractivity contribution is 14.0. The number of aliphatic imine (C=N–C) groups is 1. The molecule has 2 heterocycles. The van der Waals surface area contributed by atoms with Gasteiger partial charge < -0.3 is 15.1 Å². The zero-order valence-electron chi connectivity index (χ0n) is 14.5. The van der Waals surface area contributed by atoms with Gasteiger partial charge in [0.15, 0.2) is 5.96 Å². The summed E-state index contributed by atoms with van der Waals surface area (Å²) in [5.74, 6) is 4.02. The molecule has 0 aromatic carbocycles. The largest absolute Gasteiger partial charge is 0.360 e. The SMILES string of the molecule is CN=C(NCC(C1CC1)C1CC1)N1CCN(c2cccs2)CC1.I. The Morgan fingerprint density at radius 1 is 1.21 bits per heavy atom. The molecule has 1 saturated heterocycles. The predicted octanol–water partition coefficient (Wildman–Crippen LogP) is 3.50. The van der Waals surface area contributed by atoms with Crippen LogP contribution < -0.4 is 10.2 Å². The smallest absolute Gasteiger partial charge is 0.193 e. The molecule has 0 atom stereocenters. The van der Waals surface area contributed by atoms with E-state index in [4.69, 9.17) is 0 Å². The van der Waals surface area contributed by atoms with Crippen molar-refractivity contribution in [3.05, 3.63) is 17.5 Å². The maximum Gasteiger partial charge on any atom is 0.193 e. The monoisotopic (exact) mass is 460 g/mol. The lowest BCUT2D eigenvalue weighted by Gasteiger charge is -2.37. The van der Waals surface area contributed by atoms with Gasteiger partial charge in [-0.25, -0.2) is 0 Å². The van der Waals surface area contributed by atoms with Crippen molar-refractivity contribution in [1.29, 1.82) is 0 Å². The molecule has 1 N–H and O–H groups in total. The van der Waals surface area contributed by atoms with Crippen LogP contribution in [0.15, 0.2) is 22.5 Å². The predicted molar refractivity (Wildman–Crippen MR) is 114 cm³/mol. The number of hydrogen-bond acceptors (Lipinski definition) is 3. The van der Waals surface area contributed by atoms with Crippen molar-refractivity contribution >= 4 is 46.3 Å². The lowest BCUT2D eigenvalue weighted by Crippen LogP contribution is -2.53. The first kappa shape index (κ1) is 18.3. The molecule has 0 spiro atoms. The molecule has 6 heteroatoms. The minimum atomic E-state index is 0. The average Bonchev–Trinajstić information content (AvgIpc) is 3.52. The van der Waals surface area contributed by atoms with E-state index in [1.54, 1.807) is 0 Å². The van der Waals surface area contributed by atoms with Crippen molar-refractivity contribution < 1.29 is 0 Å². The van der Waals surface area contributed by atoms with Crippen LogP contribution in [0.5, 0.6) is 0 Å². The van der Waals surface area contributed by atoms with Gasteiger partial charge in [-0.05, 0) is 60.9 Å². The van der Waals surface area contributed by atoms with Gasteiger partial charge in [-0.2, -0.15) is 0 Å². The van der Waals surface area contributed by atoms with Crippen LogP contribution in [0.4, 0.5) is 5.00 Å². The summed E-state index contributed by atoms with van der Waals surface area (Å²) in [4.78, 5) is 9.47. The van der Waals surface area contributed by atoms with Crippen LogP contribution in [0.25, 0.3) is 0 Å². The standard InChI is InChI=1S/C18H28N4S.HI/c1-19-18(20-13-16(14-4-5-14)15-6-7-15)22-10-8-21(9-11-22)17-3-2-12-23-17;/h2-3,12,14-16H,4-11,13H2,1H3,(H,19,20);1H. The molecule has 24 heavy (non-hydrogen) atoms. The van der Waals surface area contributed by atoms with Crippen molar-refractivity contribution in [3.63, 3.8) is 0 Å². The molecule has 1 aliphatic heterocycles. The van der Waals surface area contributed by atoms with E-state index in [1.807, 2.05) is 18.4 Å². The highest BCUT2D eigenvalue weighted by Gasteiger charge is 2.41. The Labute approximate surface area is 166 Å². The van der Waals surface area contributed by atoms with Crippen LogP contribution in [-0.4, -0.2) is 50.6 Å². The van der Waals surface area contributed by atoms with E-state index in [2.05, 4.69) is 37.6 Å². The maximum absolute atomic E-state index is 4.55. The van der Waals surface area contributed by atoms with Crippen LogP contribution in [-0.2, 0) is 0 Å². The highest BCUT2D eigenvalue weighted by atomic mass is 127. The molecule has 1 aromatic heterocycles. The summed E-state index contributed by atoms with van der Waals surface area (Å²) in [5, 5.41) is 7.25. The zero-order chi connectivity index (χ0) is 15.6. The van der Waals surface area contributed by atoms with Gasteiger partial charge in [0.05, 0.1) is 5.00 Å². The van der Waals surface area contributed by atoms with Crippen LogP contribution in [0.3, 0.4) is 0 Å². The number of piperazine rings is 1. The number of nitrogens with one attached hydrogen (secondary N) is 1. The van der Waals surface area contributed by atoms with E-state index in [-0.39, 0.29) is 24.0 Å². The molecule has 0 bridgehead atoms. The quantitative estimate of drug-likeness (QED) is 0.415. The van der Waals surface area contributed by atoms with Crippen molar-refractivity contribution in [2.75, 3.05) is 44.7 Å². The van der Waals surface area contributed by atoms with Crippen LogP contribution in [0.2, 0.25) is 0 Å². The first-order chi connectivity index (χ1) is 11.3. The van der Waals surface area contributed by atoms with Crippen molar-refractivity contribution in [2.45, 2.75) is 25.7 Å². The van der Waals surface area contributed by atoms with Crippen molar-refractivity contribution in [3.8, 4) is 0 Å². The summed E-state index contributed by atoms with van der Waals surface area (Å²) < 4.78 is 0. The Balaban J connectivity index is 0.00000169. The molecule has 1 aromatic rings. The summed E-state index contributed by atoms with van der Waals surface area (Å²) in [6, 6.07) is 4.37. The molecule has 4 rings (SSSR count). The second-order valence-electron chi connectivity index (χ2n) is 7.19. The molecule has 0 radical (unpaired) electrons. The fourth-order valence-corrected chi connectivity index (χ4v) is 4.68. The summed E-state index contributed by atoms with van der Waals surface area (Å²) in [5.41, 5.74) is 0. The molecule has 0 amide bonds. The van der Waals surface area contributed by atoms with E-state index in [0.29, 0.717) is 0 Å². The molecule has 3 fully saturated rings. The van der Waals surface area contributed by atoms with Gasteiger partial charge in [-0.1, -0.05) is 0 Å². The topological polar surface area (TPSA) is 30.9 Å². The summed E-state index contributed by atoms with van der Waals surface area (Å²) in [6.07, 6.45) is 5.84. The Kier molecular flexibility index (Phi) is 6.29. The minimum Gasteiger partial charge on any atom is -0.360 e. The van der Waals surface area contributed by atoms with E-state index in [9.17, 15) is 0 Å². The molecular formula is C18H29IN4S. The van der Waals surface area contributed by atoms with Crippen LogP contribution in [0, 0.1) is 17.8 Å². The third-order valence-corrected chi connectivity index (χ3v) is 6.49. The van der Waals surface area contributed by atoms with E-state index in [1.165, 1.54) is 30.7 Å².